The standard InChI is InChI=1S/C13H27NO/c1-4-14-12(8-5-7-11(2)3)13-9-6-10-15-13/h11-14H,4-10H2,1-3H3. The highest BCUT2D eigenvalue weighted by molar-refractivity contribution is 4.80. The smallest absolute Gasteiger partial charge is 0.0728 e. The van der Waals surface area contributed by atoms with Crippen LogP contribution in [0.4, 0.5) is 0 Å². The molecule has 2 unspecified atom stereocenters. The van der Waals surface area contributed by atoms with Gasteiger partial charge in [-0.1, -0.05) is 33.6 Å². The van der Waals surface area contributed by atoms with Crippen molar-refractivity contribution >= 4 is 0 Å². The third-order valence-electron chi connectivity index (χ3n) is 3.18. The summed E-state index contributed by atoms with van der Waals surface area (Å²) in [7, 11) is 0. The van der Waals surface area contributed by atoms with Gasteiger partial charge in [0.25, 0.3) is 0 Å². The van der Waals surface area contributed by atoms with Crippen molar-refractivity contribution in [1.29, 1.82) is 0 Å². The van der Waals surface area contributed by atoms with E-state index in [0.29, 0.717) is 12.1 Å². The highest BCUT2D eigenvalue weighted by atomic mass is 16.5. The van der Waals surface area contributed by atoms with E-state index in [9.17, 15) is 0 Å². The van der Waals surface area contributed by atoms with Gasteiger partial charge in [-0.3, -0.25) is 0 Å². The molecular formula is C13H27NO. The normalized spacial score (nSPS) is 23.6. The maximum absolute atomic E-state index is 5.76. The number of nitrogens with one attached hydrogen (secondary N) is 1. The number of ether oxygens (including phenoxy) is 1. The molecule has 0 saturated carbocycles. The zero-order chi connectivity index (χ0) is 11.1. The van der Waals surface area contributed by atoms with Crippen LogP contribution in [0.15, 0.2) is 0 Å². The number of hydrogen-bond acceptors (Lipinski definition) is 2. The van der Waals surface area contributed by atoms with E-state index in [-0.39, 0.29) is 0 Å². The molecule has 1 N–H and O–H groups in total. The second-order valence-corrected chi connectivity index (χ2v) is 5.04. The molecule has 2 atom stereocenters. The van der Waals surface area contributed by atoms with Gasteiger partial charge in [0, 0.05) is 12.6 Å². The minimum atomic E-state index is 0.483. The summed E-state index contributed by atoms with van der Waals surface area (Å²) in [6.45, 7) is 8.82. The van der Waals surface area contributed by atoms with Crippen molar-refractivity contribution in [3.8, 4) is 0 Å². The predicted molar refractivity (Wildman–Crippen MR) is 65.1 cm³/mol. The lowest BCUT2D eigenvalue weighted by Gasteiger charge is -2.24. The Labute approximate surface area is 94.8 Å². The zero-order valence-corrected chi connectivity index (χ0v) is 10.6. The molecule has 0 aromatic rings. The van der Waals surface area contributed by atoms with E-state index < -0.39 is 0 Å². The Bertz CT molecular complexity index is 153. The van der Waals surface area contributed by atoms with Crippen LogP contribution >= 0.6 is 0 Å². The Kier molecular flexibility index (Phi) is 6.26. The Morgan fingerprint density at radius 1 is 1.33 bits per heavy atom. The molecule has 15 heavy (non-hydrogen) atoms. The monoisotopic (exact) mass is 213 g/mol. The average Bonchev–Trinajstić information content (AvgIpc) is 2.68. The molecule has 0 amide bonds. The number of hydrogen-bond donors (Lipinski definition) is 1. The van der Waals surface area contributed by atoms with E-state index in [2.05, 4.69) is 26.1 Å². The van der Waals surface area contributed by atoms with Gasteiger partial charge in [-0.25, -0.2) is 0 Å². The molecule has 0 aromatic carbocycles. The van der Waals surface area contributed by atoms with Crippen LogP contribution in [-0.4, -0.2) is 25.3 Å². The van der Waals surface area contributed by atoms with Crippen LogP contribution < -0.4 is 5.32 Å². The van der Waals surface area contributed by atoms with E-state index in [1.807, 2.05) is 0 Å². The SMILES string of the molecule is CCNC(CCCC(C)C)C1CCCO1. The Hall–Kier alpha value is -0.0800. The summed E-state index contributed by atoms with van der Waals surface area (Å²) in [4.78, 5) is 0. The van der Waals surface area contributed by atoms with Gasteiger partial charge in [0.15, 0.2) is 0 Å². The molecule has 1 aliphatic rings. The highest BCUT2D eigenvalue weighted by Gasteiger charge is 2.24. The van der Waals surface area contributed by atoms with Crippen molar-refractivity contribution in [2.24, 2.45) is 5.92 Å². The second kappa shape index (κ2) is 7.24. The van der Waals surface area contributed by atoms with Gasteiger partial charge in [-0.2, -0.15) is 0 Å². The zero-order valence-electron chi connectivity index (χ0n) is 10.6. The van der Waals surface area contributed by atoms with Crippen LogP contribution in [0.2, 0.25) is 0 Å². The van der Waals surface area contributed by atoms with Crippen LogP contribution in [0.3, 0.4) is 0 Å². The largest absolute Gasteiger partial charge is 0.377 e. The third kappa shape index (κ3) is 4.98. The first-order chi connectivity index (χ1) is 7.24. The number of rotatable bonds is 7. The van der Waals surface area contributed by atoms with Gasteiger partial charge in [0.05, 0.1) is 6.10 Å². The van der Waals surface area contributed by atoms with Gasteiger partial charge in [-0.15, -0.1) is 0 Å². The topological polar surface area (TPSA) is 21.3 Å². The van der Waals surface area contributed by atoms with Gasteiger partial charge >= 0.3 is 0 Å². The minimum Gasteiger partial charge on any atom is -0.377 e. The predicted octanol–water partition coefficient (Wildman–Crippen LogP) is 2.97. The Morgan fingerprint density at radius 3 is 2.67 bits per heavy atom. The summed E-state index contributed by atoms with van der Waals surface area (Å²) in [5.74, 6) is 0.830. The summed E-state index contributed by atoms with van der Waals surface area (Å²) >= 11 is 0. The molecule has 90 valence electrons. The fourth-order valence-corrected chi connectivity index (χ4v) is 2.35. The molecule has 2 nitrogen and oxygen atoms in total. The second-order valence-electron chi connectivity index (χ2n) is 5.04. The fourth-order valence-electron chi connectivity index (χ4n) is 2.35. The average molecular weight is 213 g/mol. The van der Waals surface area contributed by atoms with Crippen molar-refractivity contribution in [3.63, 3.8) is 0 Å². The molecule has 0 radical (unpaired) electrons. The third-order valence-corrected chi connectivity index (χ3v) is 3.18. The van der Waals surface area contributed by atoms with E-state index >= 15 is 0 Å². The van der Waals surface area contributed by atoms with E-state index in [4.69, 9.17) is 4.74 Å². The van der Waals surface area contributed by atoms with E-state index in [1.165, 1.54) is 32.1 Å². The van der Waals surface area contributed by atoms with Crippen molar-refractivity contribution in [3.05, 3.63) is 0 Å². The molecule has 1 fully saturated rings. The van der Waals surface area contributed by atoms with Gasteiger partial charge in [0.1, 0.15) is 0 Å². The van der Waals surface area contributed by atoms with Crippen LogP contribution in [0.1, 0.15) is 52.9 Å². The molecule has 2 heteroatoms. The summed E-state index contributed by atoms with van der Waals surface area (Å²) in [6.07, 6.45) is 6.92. The maximum Gasteiger partial charge on any atom is 0.0728 e. The highest BCUT2D eigenvalue weighted by Crippen LogP contribution is 2.20. The Balaban J connectivity index is 2.23. The molecule has 0 spiro atoms. The van der Waals surface area contributed by atoms with Crippen LogP contribution in [-0.2, 0) is 4.74 Å². The lowest BCUT2D eigenvalue weighted by molar-refractivity contribution is 0.0749. The summed E-state index contributed by atoms with van der Waals surface area (Å²) in [5.41, 5.74) is 0. The lowest BCUT2D eigenvalue weighted by Crippen LogP contribution is -2.39. The summed E-state index contributed by atoms with van der Waals surface area (Å²) in [6, 6.07) is 0.594. The van der Waals surface area contributed by atoms with Gasteiger partial charge in [0.2, 0.25) is 0 Å². The number of likely N-dealkylation sites (N-methyl/N-ethyl adjacent to an activating group) is 1. The minimum absolute atomic E-state index is 0.483. The first kappa shape index (κ1) is 13.0. The first-order valence-corrected chi connectivity index (χ1v) is 6.59. The first-order valence-electron chi connectivity index (χ1n) is 6.59. The summed E-state index contributed by atoms with van der Waals surface area (Å²) in [5, 5.41) is 3.57. The molecule has 0 bridgehead atoms. The molecule has 1 saturated heterocycles. The molecule has 0 aliphatic carbocycles. The lowest BCUT2D eigenvalue weighted by atomic mass is 9.98. The van der Waals surface area contributed by atoms with Gasteiger partial charge < -0.3 is 10.1 Å². The quantitative estimate of drug-likeness (QED) is 0.702. The van der Waals surface area contributed by atoms with Crippen LogP contribution in [0.25, 0.3) is 0 Å². The van der Waals surface area contributed by atoms with Crippen molar-refractivity contribution in [2.75, 3.05) is 13.2 Å². The molecule has 1 aliphatic heterocycles. The van der Waals surface area contributed by atoms with Gasteiger partial charge in [-0.05, 0) is 31.7 Å². The summed E-state index contributed by atoms with van der Waals surface area (Å²) < 4.78 is 5.76. The molecule has 0 aromatic heterocycles. The molecule has 1 rings (SSSR count). The van der Waals surface area contributed by atoms with Crippen LogP contribution in [0.5, 0.6) is 0 Å². The maximum atomic E-state index is 5.76. The molecule has 1 heterocycles. The van der Waals surface area contributed by atoms with Crippen molar-refractivity contribution < 1.29 is 4.74 Å². The van der Waals surface area contributed by atoms with E-state index in [1.54, 1.807) is 0 Å². The fraction of sp³-hybridized carbons (Fsp3) is 1.00. The Morgan fingerprint density at radius 2 is 2.13 bits per heavy atom. The van der Waals surface area contributed by atoms with Crippen molar-refractivity contribution in [1.82, 2.24) is 5.32 Å². The van der Waals surface area contributed by atoms with E-state index in [0.717, 1.165) is 19.1 Å². The van der Waals surface area contributed by atoms with Crippen LogP contribution in [0, 0.1) is 5.92 Å². The van der Waals surface area contributed by atoms with Crippen molar-refractivity contribution in [2.45, 2.75) is 65.0 Å². The molecular weight excluding hydrogens is 186 g/mol.